The van der Waals surface area contributed by atoms with Crippen LogP contribution in [0.5, 0.6) is 0 Å². The summed E-state index contributed by atoms with van der Waals surface area (Å²) in [5, 5.41) is 3.80. The maximum Gasteiger partial charge on any atom is 0.228 e. The molecular weight excluding hydrogens is 487 g/mol. The maximum atomic E-state index is 13.0. The largest absolute Gasteiger partial charge is 0.368 e. The summed E-state index contributed by atoms with van der Waals surface area (Å²) >= 11 is 19.7. The molecule has 0 aliphatic carbocycles. The van der Waals surface area contributed by atoms with Crippen molar-refractivity contribution in [2.75, 3.05) is 31.1 Å². The number of anilines is 1. The fourth-order valence-electron chi connectivity index (χ4n) is 3.88. The van der Waals surface area contributed by atoms with Crippen LogP contribution in [0.3, 0.4) is 0 Å². The second kappa shape index (κ2) is 8.94. The van der Waals surface area contributed by atoms with Crippen LogP contribution in [0.2, 0.25) is 15.1 Å². The Hall–Kier alpha value is -2.25. The number of carbonyl (C=O) groups excluding carboxylic acids is 1. The van der Waals surface area contributed by atoms with Gasteiger partial charge in [-0.3, -0.25) is 9.20 Å². The Morgan fingerprint density at radius 1 is 0.969 bits per heavy atom. The zero-order chi connectivity index (χ0) is 22.2. The predicted octanol–water partition coefficient (Wildman–Crippen LogP) is 5.91. The molecule has 0 atom stereocenters. The van der Waals surface area contributed by atoms with Crippen molar-refractivity contribution < 1.29 is 4.79 Å². The summed E-state index contributed by atoms with van der Waals surface area (Å²) in [6.07, 6.45) is 2.34. The normalized spacial score (nSPS) is 14.3. The second-order valence-electron chi connectivity index (χ2n) is 7.66. The van der Waals surface area contributed by atoms with Gasteiger partial charge >= 0.3 is 0 Å². The van der Waals surface area contributed by atoms with Crippen molar-refractivity contribution in [3.05, 3.63) is 74.8 Å². The summed E-state index contributed by atoms with van der Waals surface area (Å²) in [5.74, 6) is 0.125. The monoisotopic (exact) mass is 504 g/mol. The molecule has 0 spiro atoms. The molecule has 1 aliphatic rings. The van der Waals surface area contributed by atoms with Crippen molar-refractivity contribution in [1.29, 1.82) is 0 Å². The van der Waals surface area contributed by atoms with Gasteiger partial charge in [-0.1, -0.05) is 46.9 Å². The molecule has 1 aliphatic heterocycles. The average molecular weight is 506 g/mol. The van der Waals surface area contributed by atoms with E-state index in [1.807, 2.05) is 63.3 Å². The van der Waals surface area contributed by atoms with Gasteiger partial charge in [-0.25, -0.2) is 4.98 Å². The quantitative estimate of drug-likeness (QED) is 0.346. The molecule has 0 N–H and O–H groups in total. The van der Waals surface area contributed by atoms with Crippen LogP contribution in [-0.2, 0) is 11.2 Å². The van der Waals surface area contributed by atoms with Gasteiger partial charge < -0.3 is 9.80 Å². The first-order valence-corrected chi connectivity index (χ1v) is 12.2. The lowest BCUT2D eigenvalue weighted by Gasteiger charge is -2.36. The van der Waals surface area contributed by atoms with Crippen LogP contribution in [0.4, 0.5) is 5.69 Å². The van der Waals surface area contributed by atoms with Crippen LogP contribution in [0.15, 0.2) is 54.0 Å². The maximum absolute atomic E-state index is 13.0. The number of hydrogen-bond donors (Lipinski definition) is 0. The van der Waals surface area contributed by atoms with E-state index in [1.165, 1.54) is 0 Å². The summed E-state index contributed by atoms with van der Waals surface area (Å²) in [4.78, 5) is 22.7. The number of thiazole rings is 1. The summed E-state index contributed by atoms with van der Waals surface area (Å²) in [5.41, 5.74) is 3.85. The molecule has 164 valence electrons. The Morgan fingerprint density at radius 2 is 1.72 bits per heavy atom. The van der Waals surface area contributed by atoms with Gasteiger partial charge in [-0.05, 0) is 30.3 Å². The lowest BCUT2D eigenvalue weighted by molar-refractivity contribution is -0.130. The predicted molar refractivity (Wildman–Crippen MR) is 132 cm³/mol. The molecule has 4 aromatic rings. The van der Waals surface area contributed by atoms with E-state index in [1.54, 1.807) is 11.3 Å². The molecule has 1 fully saturated rings. The summed E-state index contributed by atoms with van der Waals surface area (Å²) < 4.78 is 2.01. The standard InChI is InChI=1S/C23H19Cl3N4OS/c24-16-3-1-15(2-4-16)21-13-30-18(14-32-23(30)27-21)12-22(31)29-9-7-28(8-10-29)17-5-6-19(25)20(26)11-17/h1-6,11,13-14H,7-10,12H2. The Morgan fingerprint density at radius 3 is 2.44 bits per heavy atom. The molecule has 0 bridgehead atoms. The van der Waals surface area contributed by atoms with Gasteiger partial charge in [0.25, 0.3) is 0 Å². The molecule has 0 unspecified atom stereocenters. The topological polar surface area (TPSA) is 40.9 Å². The fourth-order valence-corrected chi connectivity index (χ4v) is 5.17. The van der Waals surface area contributed by atoms with Gasteiger partial charge in [0, 0.05) is 59.7 Å². The number of nitrogens with zero attached hydrogens (tertiary/aromatic N) is 4. The van der Waals surface area contributed by atoms with Crippen molar-refractivity contribution in [2.24, 2.45) is 0 Å². The number of halogens is 3. The number of benzene rings is 2. The highest BCUT2D eigenvalue weighted by atomic mass is 35.5. The van der Waals surface area contributed by atoms with E-state index in [9.17, 15) is 4.79 Å². The van der Waals surface area contributed by atoms with Gasteiger partial charge in [0.15, 0.2) is 4.96 Å². The number of fused-ring (bicyclic) bond motifs is 1. The van der Waals surface area contributed by atoms with Gasteiger partial charge in [0.1, 0.15) is 0 Å². The zero-order valence-corrected chi connectivity index (χ0v) is 20.1. The molecule has 9 heteroatoms. The minimum Gasteiger partial charge on any atom is -0.368 e. The molecule has 1 saturated heterocycles. The van der Waals surface area contributed by atoms with Crippen LogP contribution in [0.25, 0.3) is 16.2 Å². The summed E-state index contributed by atoms with van der Waals surface area (Å²) in [6, 6.07) is 13.3. The third kappa shape index (κ3) is 4.33. The molecule has 3 heterocycles. The van der Waals surface area contributed by atoms with Crippen LogP contribution in [-0.4, -0.2) is 46.4 Å². The van der Waals surface area contributed by atoms with Crippen molar-refractivity contribution in [3.63, 3.8) is 0 Å². The number of rotatable bonds is 4. The molecule has 5 rings (SSSR count). The van der Waals surface area contributed by atoms with Gasteiger partial charge in [-0.15, -0.1) is 11.3 Å². The SMILES string of the molecule is O=C(Cc1csc2nc(-c3ccc(Cl)cc3)cn12)N1CCN(c2ccc(Cl)c(Cl)c2)CC1. The Balaban J connectivity index is 1.25. The molecule has 0 radical (unpaired) electrons. The third-order valence-corrected chi connectivity index (χ3v) is 7.54. The second-order valence-corrected chi connectivity index (χ2v) is 9.74. The van der Waals surface area contributed by atoms with Crippen molar-refractivity contribution in [1.82, 2.24) is 14.3 Å². The van der Waals surface area contributed by atoms with E-state index in [4.69, 9.17) is 39.8 Å². The van der Waals surface area contributed by atoms with Crippen LogP contribution in [0.1, 0.15) is 5.69 Å². The summed E-state index contributed by atoms with van der Waals surface area (Å²) in [6.45, 7) is 2.86. The third-order valence-electron chi connectivity index (χ3n) is 5.66. The smallest absolute Gasteiger partial charge is 0.228 e. The number of aromatic nitrogens is 2. The number of hydrogen-bond acceptors (Lipinski definition) is 4. The molecule has 2 aromatic heterocycles. The molecule has 32 heavy (non-hydrogen) atoms. The van der Waals surface area contributed by atoms with E-state index in [0.29, 0.717) is 34.6 Å². The highest BCUT2D eigenvalue weighted by Gasteiger charge is 2.23. The minimum atomic E-state index is 0.125. The molecule has 2 aromatic carbocycles. The van der Waals surface area contributed by atoms with Crippen molar-refractivity contribution in [3.8, 4) is 11.3 Å². The molecular formula is C23H19Cl3N4OS. The first-order valence-electron chi connectivity index (χ1n) is 10.2. The van der Waals surface area contributed by atoms with Crippen LogP contribution < -0.4 is 4.90 Å². The van der Waals surface area contributed by atoms with E-state index >= 15 is 0 Å². The number of imidazole rings is 1. The van der Waals surface area contributed by atoms with Gasteiger partial charge in [0.05, 0.1) is 22.2 Å². The summed E-state index contributed by atoms with van der Waals surface area (Å²) in [7, 11) is 0. The minimum absolute atomic E-state index is 0.125. The molecule has 5 nitrogen and oxygen atoms in total. The van der Waals surface area contributed by atoms with Crippen molar-refractivity contribution in [2.45, 2.75) is 6.42 Å². The van der Waals surface area contributed by atoms with E-state index in [0.717, 1.165) is 40.7 Å². The highest BCUT2D eigenvalue weighted by molar-refractivity contribution is 7.15. The van der Waals surface area contributed by atoms with Crippen molar-refractivity contribution >= 4 is 62.7 Å². The fraction of sp³-hybridized carbons (Fsp3) is 0.217. The highest BCUT2D eigenvalue weighted by Crippen LogP contribution is 2.28. The molecule has 1 amide bonds. The Bertz CT molecular complexity index is 1280. The number of amides is 1. The number of carbonyl (C=O) groups is 1. The van der Waals surface area contributed by atoms with Crippen LogP contribution in [0, 0.1) is 0 Å². The average Bonchev–Trinajstić information content (AvgIpc) is 3.38. The Labute approximate surface area is 204 Å². The lowest BCUT2D eigenvalue weighted by atomic mass is 10.2. The lowest BCUT2D eigenvalue weighted by Crippen LogP contribution is -2.49. The van der Waals surface area contributed by atoms with E-state index in [2.05, 4.69) is 4.90 Å². The van der Waals surface area contributed by atoms with Gasteiger partial charge in [0.2, 0.25) is 5.91 Å². The first-order chi connectivity index (χ1) is 15.5. The molecule has 0 saturated carbocycles. The van der Waals surface area contributed by atoms with Gasteiger partial charge in [-0.2, -0.15) is 0 Å². The first kappa shape index (κ1) is 21.6. The van der Waals surface area contributed by atoms with E-state index < -0.39 is 0 Å². The Kier molecular flexibility index (Phi) is 6.03. The van der Waals surface area contributed by atoms with E-state index in [-0.39, 0.29) is 5.91 Å². The zero-order valence-electron chi connectivity index (χ0n) is 17.0. The van der Waals surface area contributed by atoms with Crippen LogP contribution >= 0.6 is 46.1 Å². The number of piperazine rings is 1.